The monoisotopic (exact) mass is 324 g/mol. The Morgan fingerprint density at radius 1 is 1.52 bits per heavy atom. The standard InChI is InChI=1S/C16H28N4O3/c1-5-20-10-12(9-18-20)8-17-13-6-7-19(11-14(13)21)15(22)23-16(2,3)4/h9-10,13-14,17,21H,5-8,11H2,1-4H3. The molecule has 1 fully saturated rings. The van der Waals surface area contributed by atoms with Crippen molar-refractivity contribution in [3.05, 3.63) is 18.0 Å². The van der Waals surface area contributed by atoms with Crippen LogP contribution in [0.2, 0.25) is 0 Å². The quantitative estimate of drug-likeness (QED) is 0.874. The fourth-order valence-corrected chi connectivity index (χ4v) is 2.58. The number of aromatic nitrogens is 2. The number of rotatable bonds is 4. The lowest BCUT2D eigenvalue weighted by Crippen LogP contribution is -2.54. The third-order valence-corrected chi connectivity index (χ3v) is 3.81. The SMILES string of the molecule is CCn1cc(CNC2CCN(C(=O)OC(C)(C)C)CC2O)cn1. The minimum atomic E-state index is -0.600. The molecule has 7 heteroatoms. The zero-order valence-electron chi connectivity index (χ0n) is 14.5. The second-order valence-electron chi connectivity index (χ2n) is 6.97. The molecule has 0 saturated carbocycles. The van der Waals surface area contributed by atoms with E-state index in [0.717, 1.165) is 12.1 Å². The van der Waals surface area contributed by atoms with Crippen molar-refractivity contribution in [3.63, 3.8) is 0 Å². The van der Waals surface area contributed by atoms with E-state index in [-0.39, 0.29) is 12.1 Å². The van der Waals surface area contributed by atoms with Gasteiger partial charge in [-0.25, -0.2) is 4.79 Å². The van der Waals surface area contributed by atoms with Crippen LogP contribution in [0.25, 0.3) is 0 Å². The molecule has 1 amide bonds. The number of amides is 1. The summed E-state index contributed by atoms with van der Waals surface area (Å²) in [6.07, 6.45) is 3.56. The maximum absolute atomic E-state index is 12.0. The van der Waals surface area contributed by atoms with Crippen LogP contribution < -0.4 is 5.32 Å². The molecule has 1 aliphatic rings. The molecule has 2 N–H and O–H groups in total. The first-order chi connectivity index (χ1) is 10.8. The van der Waals surface area contributed by atoms with E-state index in [1.165, 1.54) is 0 Å². The summed E-state index contributed by atoms with van der Waals surface area (Å²) >= 11 is 0. The Labute approximate surface area is 137 Å². The summed E-state index contributed by atoms with van der Waals surface area (Å²) < 4.78 is 7.22. The Kier molecular flexibility index (Phi) is 5.64. The molecule has 0 aromatic carbocycles. The average Bonchev–Trinajstić information content (AvgIpc) is 2.92. The number of hydrogen-bond donors (Lipinski definition) is 2. The van der Waals surface area contributed by atoms with Gasteiger partial charge in [-0.3, -0.25) is 4.68 Å². The zero-order valence-corrected chi connectivity index (χ0v) is 14.5. The molecule has 1 aliphatic heterocycles. The summed E-state index contributed by atoms with van der Waals surface area (Å²) in [7, 11) is 0. The Morgan fingerprint density at radius 2 is 2.26 bits per heavy atom. The Morgan fingerprint density at radius 3 is 2.83 bits per heavy atom. The minimum absolute atomic E-state index is 0.0290. The van der Waals surface area contributed by atoms with E-state index in [0.29, 0.717) is 26.1 Å². The van der Waals surface area contributed by atoms with E-state index in [1.807, 2.05) is 44.8 Å². The minimum Gasteiger partial charge on any atom is -0.444 e. The van der Waals surface area contributed by atoms with E-state index < -0.39 is 11.7 Å². The number of carbonyl (C=O) groups excluding carboxylic acids is 1. The number of likely N-dealkylation sites (tertiary alicyclic amines) is 1. The molecule has 7 nitrogen and oxygen atoms in total. The lowest BCUT2D eigenvalue weighted by atomic mass is 10.0. The molecule has 2 rings (SSSR count). The second kappa shape index (κ2) is 7.31. The molecule has 1 aromatic rings. The summed E-state index contributed by atoms with van der Waals surface area (Å²) in [6.45, 7) is 9.94. The van der Waals surface area contributed by atoms with Gasteiger partial charge in [0.1, 0.15) is 5.60 Å². The summed E-state index contributed by atoms with van der Waals surface area (Å²) in [5, 5.41) is 17.9. The van der Waals surface area contributed by atoms with Crippen molar-refractivity contribution in [2.24, 2.45) is 0 Å². The highest BCUT2D eigenvalue weighted by molar-refractivity contribution is 5.68. The van der Waals surface area contributed by atoms with Gasteiger partial charge >= 0.3 is 6.09 Å². The highest BCUT2D eigenvalue weighted by Gasteiger charge is 2.32. The molecule has 2 heterocycles. The van der Waals surface area contributed by atoms with Crippen LogP contribution in [0, 0.1) is 0 Å². The summed E-state index contributed by atoms with van der Waals surface area (Å²) in [5.74, 6) is 0. The van der Waals surface area contributed by atoms with Crippen LogP contribution in [-0.4, -0.2) is 56.7 Å². The Bertz CT molecular complexity index is 524. The molecule has 0 spiro atoms. The molecule has 1 saturated heterocycles. The molecule has 1 aromatic heterocycles. The smallest absolute Gasteiger partial charge is 0.410 e. The van der Waals surface area contributed by atoms with Crippen molar-refractivity contribution in [2.75, 3.05) is 13.1 Å². The predicted octanol–water partition coefficient (Wildman–Crippen LogP) is 1.36. The van der Waals surface area contributed by atoms with Gasteiger partial charge in [0.2, 0.25) is 0 Å². The highest BCUT2D eigenvalue weighted by atomic mass is 16.6. The van der Waals surface area contributed by atoms with Crippen molar-refractivity contribution >= 4 is 6.09 Å². The first-order valence-corrected chi connectivity index (χ1v) is 8.19. The number of piperidine rings is 1. The van der Waals surface area contributed by atoms with Crippen LogP contribution in [0.15, 0.2) is 12.4 Å². The van der Waals surface area contributed by atoms with Gasteiger partial charge in [0.05, 0.1) is 18.8 Å². The normalized spacial score (nSPS) is 22.2. The fourth-order valence-electron chi connectivity index (χ4n) is 2.58. The molecule has 23 heavy (non-hydrogen) atoms. The first-order valence-electron chi connectivity index (χ1n) is 8.19. The van der Waals surface area contributed by atoms with E-state index in [2.05, 4.69) is 10.4 Å². The number of carbonyl (C=O) groups is 1. The third kappa shape index (κ3) is 5.21. The van der Waals surface area contributed by atoms with Gasteiger partial charge in [-0.1, -0.05) is 0 Å². The number of β-amino-alcohol motifs (C(OH)–C–C–N with tert-alkyl or cyclic N) is 1. The van der Waals surface area contributed by atoms with Crippen LogP contribution in [-0.2, 0) is 17.8 Å². The molecule has 0 radical (unpaired) electrons. The van der Waals surface area contributed by atoms with Gasteiger partial charge in [-0.2, -0.15) is 5.10 Å². The topological polar surface area (TPSA) is 79.6 Å². The van der Waals surface area contributed by atoms with E-state index >= 15 is 0 Å². The van der Waals surface area contributed by atoms with Crippen molar-refractivity contribution in [1.29, 1.82) is 0 Å². The van der Waals surface area contributed by atoms with Gasteiger partial charge in [-0.05, 0) is 34.1 Å². The highest BCUT2D eigenvalue weighted by Crippen LogP contribution is 2.16. The lowest BCUT2D eigenvalue weighted by molar-refractivity contribution is -0.00489. The zero-order chi connectivity index (χ0) is 17.0. The molecule has 0 bridgehead atoms. The lowest BCUT2D eigenvalue weighted by Gasteiger charge is -2.37. The number of hydrogen-bond acceptors (Lipinski definition) is 5. The van der Waals surface area contributed by atoms with Crippen molar-refractivity contribution < 1.29 is 14.6 Å². The molecule has 2 atom stereocenters. The van der Waals surface area contributed by atoms with Crippen molar-refractivity contribution in [3.8, 4) is 0 Å². The van der Waals surface area contributed by atoms with Gasteiger partial charge < -0.3 is 20.1 Å². The van der Waals surface area contributed by atoms with Gasteiger partial charge in [0, 0.05) is 37.4 Å². The van der Waals surface area contributed by atoms with Crippen LogP contribution in [0.4, 0.5) is 4.79 Å². The summed E-state index contributed by atoms with van der Waals surface area (Å²) in [6, 6.07) is -0.0290. The van der Waals surface area contributed by atoms with Crippen LogP contribution in [0.5, 0.6) is 0 Å². The number of aryl methyl sites for hydroxylation is 1. The van der Waals surface area contributed by atoms with Crippen molar-refractivity contribution in [1.82, 2.24) is 20.0 Å². The van der Waals surface area contributed by atoms with Gasteiger partial charge in [-0.15, -0.1) is 0 Å². The van der Waals surface area contributed by atoms with E-state index in [1.54, 1.807) is 4.90 Å². The average molecular weight is 324 g/mol. The maximum atomic E-state index is 12.0. The summed E-state index contributed by atoms with van der Waals surface area (Å²) in [4.78, 5) is 13.6. The van der Waals surface area contributed by atoms with Crippen molar-refractivity contribution in [2.45, 2.75) is 65.0 Å². The first kappa shape index (κ1) is 17.7. The molecular formula is C16H28N4O3. The van der Waals surface area contributed by atoms with Gasteiger partial charge in [0.15, 0.2) is 0 Å². The van der Waals surface area contributed by atoms with E-state index in [4.69, 9.17) is 4.74 Å². The van der Waals surface area contributed by atoms with E-state index in [9.17, 15) is 9.90 Å². The number of nitrogens with zero attached hydrogens (tertiary/aromatic N) is 3. The third-order valence-electron chi connectivity index (χ3n) is 3.81. The molecule has 2 unspecified atom stereocenters. The largest absolute Gasteiger partial charge is 0.444 e. The Hall–Kier alpha value is -1.60. The van der Waals surface area contributed by atoms with Crippen LogP contribution in [0.3, 0.4) is 0 Å². The number of aliphatic hydroxyl groups excluding tert-OH is 1. The second-order valence-corrected chi connectivity index (χ2v) is 6.97. The van der Waals surface area contributed by atoms with Crippen LogP contribution >= 0.6 is 0 Å². The maximum Gasteiger partial charge on any atom is 0.410 e. The van der Waals surface area contributed by atoms with Gasteiger partial charge in [0.25, 0.3) is 0 Å². The summed E-state index contributed by atoms with van der Waals surface area (Å²) in [5.41, 5.74) is 0.574. The molecular weight excluding hydrogens is 296 g/mol. The Balaban J connectivity index is 1.80. The molecule has 130 valence electrons. The number of aliphatic hydroxyl groups is 1. The molecule has 0 aliphatic carbocycles. The van der Waals surface area contributed by atoms with Crippen LogP contribution in [0.1, 0.15) is 39.7 Å². The fraction of sp³-hybridized carbons (Fsp3) is 0.750. The predicted molar refractivity (Wildman–Crippen MR) is 87.0 cm³/mol. The number of ether oxygens (including phenoxy) is 1. The number of nitrogens with one attached hydrogen (secondary N) is 1.